The van der Waals surface area contributed by atoms with E-state index in [1.54, 1.807) is 67.8 Å². The Labute approximate surface area is 284 Å². The topological polar surface area (TPSA) is 120 Å². The molecule has 4 aromatic carbocycles. The van der Waals surface area contributed by atoms with E-state index in [1.165, 1.54) is 13.3 Å². The highest BCUT2D eigenvalue weighted by atomic mass is 79.9. The van der Waals surface area contributed by atoms with Crippen molar-refractivity contribution in [1.82, 2.24) is 10.4 Å². The van der Waals surface area contributed by atoms with Gasteiger partial charge >= 0.3 is 5.97 Å². The minimum Gasteiger partial charge on any atom is -0.496 e. The third-order valence-electron chi connectivity index (χ3n) is 7.01. The molecule has 0 aliphatic heterocycles. The fraction of sp³-hybridized carbons (Fsp3) is 0.171. The predicted octanol–water partition coefficient (Wildman–Crippen LogP) is 8.05. The summed E-state index contributed by atoms with van der Waals surface area (Å²) in [5, 5.41) is 5.26. The summed E-state index contributed by atoms with van der Waals surface area (Å²) < 4.78 is 28.9. The molecule has 1 heterocycles. The second-order valence-electron chi connectivity index (χ2n) is 9.87. The van der Waals surface area contributed by atoms with Crippen molar-refractivity contribution >= 4 is 56.5 Å². The number of amides is 1. The maximum absolute atomic E-state index is 13.7. The van der Waals surface area contributed by atoms with Gasteiger partial charge in [-0.2, -0.15) is 5.10 Å². The van der Waals surface area contributed by atoms with E-state index in [-0.39, 0.29) is 17.0 Å². The summed E-state index contributed by atoms with van der Waals surface area (Å²) in [4.78, 5) is 30.0. The first kappa shape index (κ1) is 33.4. The fourth-order valence-corrected chi connectivity index (χ4v) is 5.57. The number of benzene rings is 4. The van der Waals surface area contributed by atoms with Crippen molar-refractivity contribution in [1.29, 1.82) is 0 Å². The number of nitrogens with one attached hydrogen (secondary N) is 2. The first-order valence-corrected chi connectivity index (χ1v) is 15.7. The quantitative estimate of drug-likeness (QED) is 0.0579. The van der Waals surface area contributed by atoms with Crippen LogP contribution in [0.25, 0.3) is 22.0 Å². The van der Waals surface area contributed by atoms with Crippen LogP contribution in [0.1, 0.15) is 40.3 Å². The predicted molar refractivity (Wildman–Crippen MR) is 185 cm³/mol. The Morgan fingerprint density at radius 3 is 2.28 bits per heavy atom. The first-order chi connectivity index (χ1) is 22.8. The number of carbonyl (C=O) groups is 2. The summed E-state index contributed by atoms with van der Waals surface area (Å²) in [5.74, 6) is 1.06. The minimum absolute atomic E-state index is 0.189. The lowest BCUT2D eigenvalue weighted by atomic mass is 10.0. The van der Waals surface area contributed by atoms with E-state index < -0.39 is 11.9 Å². The molecule has 0 bridgehead atoms. The summed E-state index contributed by atoms with van der Waals surface area (Å²) in [6, 6.07) is 20.6. The molecule has 12 heteroatoms. The number of ether oxygens (including phenoxy) is 5. The van der Waals surface area contributed by atoms with Gasteiger partial charge < -0.3 is 28.7 Å². The zero-order chi connectivity index (χ0) is 33.5. The van der Waals surface area contributed by atoms with Crippen molar-refractivity contribution in [2.45, 2.75) is 13.8 Å². The Bertz CT molecular complexity index is 1970. The van der Waals surface area contributed by atoms with Gasteiger partial charge in [0.25, 0.3) is 5.91 Å². The monoisotopic (exact) mass is 719 g/mol. The van der Waals surface area contributed by atoms with Crippen LogP contribution in [-0.2, 0) is 0 Å². The highest BCUT2D eigenvalue weighted by Gasteiger charge is 2.25. The number of hydrazone groups is 1. The van der Waals surface area contributed by atoms with Crippen molar-refractivity contribution in [2.75, 3.05) is 27.4 Å². The number of hydrogen-bond acceptors (Lipinski definition) is 8. The van der Waals surface area contributed by atoms with Crippen molar-refractivity contribution in [3.63, 3.8) is 0 Å². The third kappa shape index (κ3) is 7.21. The normalized spacial score (nSPS) is 11.0. The van der Waals surface area contributed by atoms with Gasteiger partial charge in [0.15, 0.2) is 11.5 Å². The molecular formula is C35H31BrClN3O7. The van der Waals surface area contributed by atoms with Gasteiger partial charge in [-0.1, -0.05) is 45.7 Å². The Kier molecular flexibility index (Phi) is 10.7. The van der Waals surface area contributed by atoms with Crippen LogP contribution in [0.15, 0.2) is 82.4 Å². The van der Waals surface area contributed by atoms with E-state index in [9.17, 15) is 9.59 Å². The van der Waals surface area contributed by atoms with Crippen molar-refractivity contribution < 1.29 is 33.3 Å². The van der Waals surface area contributed by atoms with Crippen LogP contribution >= 0.6 is 27.5 Å². The zero-order valence-corrected chi connectivity index (χ0v) is 28.3. The number of aromatic amines is 1. The molecule has 0 fully saturated rings. The molecule has 5 rings (SSSR count). The van der Waals surface area contributed by atoms with Gasteiger partial charge in [-0.05, 0) is 68.4 Å². The lowest BCUT2D eigenvalue weighted by molar-refractivity contribution is 0.0733. The molecule has 2 N–H and O–H groups in total. The smallest absolute Gasteiger partial charge is 0.343 e. The van der Waals surface area contributed by atoms with Gasteiger partial charge in [-0.3, -0.25) is 4.79 Å². The number of hydrogen-bond donors (Lipinski definition) is 2. The second-order valence-corrected chi connectivity index (χ2v) is 11.2. The standard InChI is InChI=1S/C35H31BrClN3O7/c1-5-45-26-13-11-20(18-29(26)46-6-2)35(42)47-25-14-12-22(36)17-21(25)19-38-40-34(41)33-30(23-9-7-8-10-24(23)37)31-27(43-3)15-16-28(44-4)32(31)39-33/h7-19,39H,5-6H2,1-4H3,(H,40,41). The molecule has 5 aromatic rings. The maximum atomic E-state index is 13.7. The number of rotatable bonds is 12. The van der Waals surface area contributed by atoms with Crippen LogP contribution in [0.5, 0.6) is 28.7 Å². The van der Waals surface area contributed by atoms with Crippen LogP contribution in [0, 0.1) is 0 Å². The number of esters is 1. The van der Waals surface area contributed by atoms with Gasteiger partial charge in [0.2, 0.25) is 0 Å². The number of methoxy groups -OCH3 is 2. The SMILES string of the molecule is CCOc1ccc(C(=O)Oc2ccc(Br)cc2C=NNC(=O)c2[nH]c3c(OC)ccc(OC)c3c2-c2ccccc2Cl)cc1OCC. The van der Waals surface area contributed by atoms with Gasteiger partial charge in [-0.25, -0.2) is 10.2 Å². The first-order valence-electron chi connectivity index (χ1n) is 14.6. The van der Waals surface area contributed by atoms with E-state index >= 15 is 0 Å². The van der Waals surface area contributed by atoms with Gasteiger partial charge in [-0.15, -0.1) is 0 Å². The highest BCUT2D eigenvalue weighted by Crippen LogP contribution is 2.44. The molecule has 0 radical (unpaired) electrons. The van der Waals surface area contributed by atoms with Crippen LogP contribution in [0.4, 0.5) is 0 Å². The Balaban J connectivity index is 1.45. The molecule has 0 aliphatic carbocycles. The van der Waals surface area contributed by atoms with Crippen molar-refractivity contribution in [3.8, 4) is 39.9 Å². The van der Waals surface area contributed by atoms with Gasteiger partial charge in [0.1, 0.15) is 22.9 Å². The zero-order valence-electron chi connectivity index (χ0n) is 26.0. The minimum atomic E-state index is -0.611. The largest absolute Gasteiger partial charge is 0.496 e. The highest BCUT2D eigenvalue weighted by molar-refractivity contribution is 9.10. The maximum Gasteiger partial charge on any atom is 0.343 e. The summed E-state index contributed by atoms with van der Waals surface area (Å²) in [6.07, 6.45) is 1.38. The molecule has 0 atom stereocenters. The van der Waals surface area contributed by atoms with Crippen LogP contribution in [-0.4, -0.2) is 50.5 Å². The van der Waals surface area contributed by atoms with Gasteiger partial charge in [0.05, 0.1) is 50.1 Å². The molecule has 0 spiro atoms. The molecule has 1 aromatic heterocycles. The van der Waals surface area contributed by atoms with E-state index in [0.717, 1.165) is 0 Å². The Hall–Kier alpha value is -5.00. The van der Waals surface area contributed by atoms with Crippen LogP contribution in [0.2, 0.25) is 5.02 Å². The molecule has 1 amide bonds. The Morgan fingerprint density at radius 2 is 1.55 bits per heavy atom. The number of carbonyl (C=O) groups excluding carboxylic acids is 2. The average Bonchev–Trinajstić information content (AvgIpc) is 3.47. The van der Waals surface area contributed by atoms with Crippen molar-refractivity contribution in [2.24, 2.45) is 5.10 Å². The van der Waals surface area contributed by atoms with Crippen LogP contribution in [0.3, 0.4) is 0 Å². The fourth-order valence-electron chi connectivity index (χ4n) is 4.96. The van der Waals surface area contributed by atoms with E-state index in [4.69, 9.17) is 35.3 Å². The summed E-state index contributed by atoms with van der Waals surface area (Å²) >= 11 is 10.0. The molecule has 0 aliphatic rings. The van der Waals surface area contributed by atoms with E-state index in [0.29, 0.717) is 73.3 Å². The number of nitrogens with zero attached hydrogens (tertiary/aromatic N) is 1. The van der Waals surface area contributed by atoms with Crippen LogP contribution < -0.4 is 29.1 Å². The molecule has 0 unspecified atom stereocenters. The molecule has 0 saturated carbocycles. The number of halogens is 2. The van der Waals surface area contributed by atoms with Gasteiger partial charge in [0, 0.05) is 26.2 Å². The Morgan fingerprint density at radius 1 is 0.872 bits per heavy atom. The summed E-state index contributed by atoms with van der Waals surface area (Å²) in [5.41, 5.74) is 5.15. The summed E-state index contributed by atoms with van der Waals surface area (Å²) in [7, 11) is 3.09. The third-order valence-corrected chi connectivity index (χ3v) is 7.84. The van der Waals surface area contributed by atoms with Crippen molar-refractivity contribution in [3.05, 3.63) is 99.1 Å². The number of fused-ring (bicyclic) bond motifs is 1. The number of H-pyrrole nitrogens is 1. The lowest BCUT2D eigenvalue weighted by Gasteiger charge is -2.13. The molecule has 47 heavy (non-hydrogen) atoms. The average molecular weight is 721 g/mol. The number of aromatic nitrogens is 1. The van der Waals surface area contributed by atoms with E-state index in [2.05, 4.69) is 31.4 Å². The molecular weight excluding hydrogens is 690 g/mol. The second kappa shape index (κ2) is 15.1. The van der Waals surface area contributed by atoms with E-state index in [1.807, 2.05) is 26.0 Å². The molecule has 0 saturated heterocycles. The summed E-state index contributed by atoms with van der Waals surface area (Å²) in [6.45, 7) is 4.56. The molecule has 242 valence electrons. The lowest BCUT2D eigenvalue weighted by Crippen LogP contribution is -2.19. The molecule has 10 nitrogen and oxygen atoms in total.